The van der Waals surface area contributed by atoms with Crippen molar-refractivity contribution < 1.29 is 10.4 Å². The fourth-order valence-corrected chi connectivity index (χ4v) is 1.66. The molecule has 20 heavy (non-hydrogen) atoms. The smallest absolute Gasteiger partial charge is 0.0482 e. The fourth-order valence-electron chi connectivity index (χ4n) is 1.66. The Hall–Kier alpha value is -1.14. The molecule has 0 spiro atoms. The molecule has 2 unspecified atom stereocenters. The molecular formula is C14H30N4O2. The molecule has 0 aromatic rings. The summed E-state index contributed by atoms with van der Waals surface area (Å²) in [6, 6.07) is 0. The topological polar surface area (TPSA) is 89.2 Å². The lowest BCUT2D eigenvalue weighted by Gasteiger charge is -2.33. The van der Waals surface area contributed by atoms with Crippen LogP contribution in [0, 0.1) is 11.8 Å². The van der Waals surface area contributed by atoms with E-state index in [0.717, 1.165) is 13.1 Å². The van der Waals surface area contributed by atoms with Gasteiger partial charge in [-0.2, -0.15) is 0 Å². The lowest BCUT2D eigenvalue weighted by Crippen LogP contribution is -2.52. The minimum Gasteiger partial charge on any atom is -0.411 e. The maximum Gasteiger partial charge on any atom is 0.0482 e. The summed E-state index contributed by atoms with van der Waals surface area (Å²) >= 11 is 0. The first kappa shape index (κ1) is 18.9. The quantitative estimate of drug-likeness (QED) is 0.226. The molecular weight excluding hydrogens is 256 g/mol. The fraction of sp³-hybridized carbons (Fsp3) is 0.857. The van der Waals surface area contributed by atoms with Crippen molar-refractivity contribution in [3.8, 4) is 0 Å². The van der Waals surface area contributed by atoms with Crippen molar-refractivity contribution in [3.05, 3.63) is 0 Å². The number of nitrogens with one attached hydrogen (secondary N) is 2. The van der Waals surface area contributed by atoms with Crippen LogP contribution in [0.5, 0.6) is 0 Å². The Morgan fingerprint density at radius 3 is 1.40 bits per heavy atom. The zero-order valence-corrected chi connectivity index (χ0v) is 13.5. The molecule has 0 aliphatic rings. The second-order valence-electron chi connectivity index (χ2n) is 6.40. The second kappa shape index (κ2) is 8.21. The van der Waals surface area contributed by atoms with Crippen LogP contribution >= 0.6 is 0 Å². The molecule has 4 N–H and O–H groups in total. The molecule has 0 aromatic heterocycles. The van der Waals surface area contributed by atoms with E-state index in [0.29, 0.717) is 0 Å². The van der Waals surface area contributed by atoms with Gasteiger partial charge in [0.15, 0.2) is 0 Å². The Labute approximate surface area is 122 Å². The van der Waals surface area contributed by atoms with Crippen LogP contribution in [0.3, 0.4) is 0 Å². The summed E-state index contributed by atoms with van der Waals surface area (Å²) in [5, 5.41) is 30.2. The van der Waals surface area contributed by atoms with Crippen LogP contribution < -0.4 is 10.6 Å². The van der Waals surface area contributed by atoms with Gasteiger partial charge in [-0.25, -0.2) is 0 Å². The van der Waals surface area contributed by atoms with Gasteiger partial charge in [-0.1, -0.05) is 13.8 Å². The van der Waals surface area contributed by atoms with Gasteiger partial charge in [0.2, 0.25) is 0 Å². The number of rotatable bonds is 9. The Balaban J connectivity index is 4.19. The van der Waals surface area contributed by atoms with E-state index in [9.17, 15) is 0 Å². The predicted molar refractivity (Wildman–Crippen MR) is 83.0 cm³/mol. The lowest BCUT2D eigenvalue weighted by molar-refractivity contribution is 0.282. The SMILES string of the molecule is CC(/C=N/O)C(C)(C)NCCNC(C)(C)C(C)/C=N/O. The zero-order valence-electron chi connectivity index (χ0n) is 13.5. The molecule has 0 rings (SSSR count). The molecule has 0 radical (unpaired) electrons. The average molecular weight is 286 g/mol. The molecule has 0 aliphatic carbocycles. The van der Waals surface area contributed by atoms with Crippen molar-refractivity contribution in [2.24, 2.45) is 22.1 Å². The summed E-state index contributed by atoms with van der Waals surface area (Å²) in [5.41, 5.74) is -0.285. The minimum absolute atomic E-state index is 0.126. The number of hydrogen-bond acceptors (Lipinski definition) is 6. The third-order valence-electron chi connectivity index (χ3n) is 4.14. The van der Waals surface area contributed by atoms with Gasteiger partial charge in [0.05, 0.1) is 0 Å². The largest absolute Gasteiger partial charge is 0.411 e. The Bertz CT molecular complexity index is 295. The van der Waals surface area contributed by atoms with Crippen LogP contribution in [-0.2, 0) is 0 Å². The Morgan fingerprint density at radius 2 is 1.15 bits per heavy atom. The van der Waals surface area contributed by atoms with Crippen molar-refractivity contribution in [2.75, 3.05) is 13.1 Å². The van der Waals surface area contributed by atoms with Gasteiger partial charge >= 0.3 is 0 Å². The Morgan fingerprint density at radius 1 is 0.850 bits per heavy atom. The van der Waals surface area contributed by atoms with Gasteiger partial charge < -0.3 is 21.0 Å². The first-order valence-electron chi connectivity index (χ1n) is 7.02. The van der Waals surface area contributed by atoms with E-state index in [4.69, 9.17) is 10.4 Å². The van der Waals surface area contributed by atoms with E-state index in [-0.39, 0.29) is 22.9 Å². The van der Waals surface area contributed by atoms with E-state index in [2.05, 4.69) is 48.6 Å². The maximum atomic E-state index is 8.59. The third-order valence-corrected chi connectivity index (χ3v) is 4.14. The molecule has 2 atom stereocenters. The van der Waals surface area contributed by atoms with E-state index >= 15 is 0 Å². The van der Waals surface area contributed by atoms with Gasteiger partial charge in [0.25, 0.3) is 0 Å². The van der Waals surface area contributed by atoms with Gasteiger partial charge in [0.1, 0.15) is 0 Å². The highest BCUT2D eigenvalue weighted by Crippen LogP contribution is 2.15. The summed E-state index contributed by atoms with van der Waals surface area (Å²) in [4.78, 5) is 0. The third kappa shape index (κ3) is 6.34. The molecule has 6 nitrogen and oxygen atoms in total. The van der Waals surface area contributed by atoms with Crippen LogP contribution in [-0.4, -0.2) is 47.0 Å². The number of oxime groups is 2. The van der Waals surface area contributed by atoms with E-state index in [1.54, 1.807) is 0 Å². The van der Waals surface area contributed by atoms with Crippen molar-refractivity contribution in [1.29, 1.82) is 0 Å². The normalized spacial score (nSPS) is 16.9. The molecule has 0 amide bonds. The van der Waals surface area contributed by atoms with Crippen LogP contribution in [0.25, 0.3) is 0 Å². The molecule has 0 bridgehead atoms. The molecule has 118 valence electrons. The highest BCUT2D eigenvalue weighted by molar-refractivity contribution is 5.61. The van der Waals surface area contributed by atoms with E-state index < -0.39 is 0 Å². The van der Waals surface area contributed by atoms with E-state index in [1.807, 2.05) is 13.8 Å². The minimum atomic E-state index is -0.143. The van der Waals surface area contributed by atoms with Crippen molar-refractivity contribution in [3.63, 3.8) is 0 Å². The van der Waals surface area contributed by atoms with Crippen LogP contribution in [0.15, 0.2) is 10.3 Å². The second-order valence-corrected chi connectivity index (χ2v) is 6.40. The average Bonchev–Trinajstić information content (AvgIpc) is 2.35. The Kier molecular flexibility index (Phi) is 7.75. The molecule has 0 saturated carbocycles. The van der Waals surface area contributed by atoms with Crippen LogP contribution in [0.1, 0.15) is 41.5 Å². The van der Waals surface area contributed by atoms with Crippen LogP contribution in [0.2, 0.25) is 0 Å². The summed E-state index contributed by atoms with van der Waals surface area (Å²) in [5.74, 6) is 0.252. The molecule has 6 heteroatoms. The predicted octanol–water partition coefficient (Wildman–Crippen LogP) is 1.91. The summed E-state index contributed by atoms with van der Waals surface area (Å²) in [6.45, 7) is 13.9. The number of hydrogen-bond donors (Lipinski definition) is 4. The maximum absolute atomic E-state index is 8.59. The van der Waals surface area contributed by atoms with Gasteiger partial charge in [-0.3, -0.25) is 0 Å². The summed E-state index contributed by atoms with van der Waals surface area (Å²) in [7, 11) is 0. The lowest BCUT2D eigenvalue weighted by atomic mass is 9.89. The molecule has 0 saturated heterocycles. The first-order chi connectivity index (χ1) is 9.17. The molecule has 0 heterocycles. The monoisotopic (exact) mass is 286 g/mol. The first-order valence-corrected chi connectivity index (χ1v) is 7.02. The van der Waals surface area contributed by atoms with Crippen molar-refractivity contribution in [2.45, 2.75) is 52.6 Å². The van der Waals surface area contributed by atoms with Gasteiger partial charge in [0, 0.05) is 48.4 Å². The highest BCUT2D eigenvalue weighted by Gasteiger charge is 2.26. The van der Waals surface area contributed by atoms with E-state index in [1.165, 1.54) is 12.4 Å². The molecule has 0 aliphatic heterocycles. The standard InChI is InChI=1S/C14H30N4O2/c1-11(9-17-19)13(3,4)15-7-8-16-14(5,6)12(2)10-18-20/h9-12,15-16,19-20H,7-8H2,1-6H3/b17-9+,18-10+. The number of nitrogens with zero attached hydrogens (tertiary/aromatic N) is 2. The summed E-state index contributed by atoms with van der Waals surface area (Å²) in [6.07, 6.45) is 3.06. The van der Waals surface area contributed by atoms with Crippen molar-refractivity contribution in [1.82, 2.24) is 10.6 Å². The van der Waals surface area contributed by atoms with Crippen molar-refractivity contribution >= 4 is 12.4 Å². The zero-order chi connectivity index (χ0) is 15.8. The van der Waals surface area contributed by atoms with Gasteiger partial charge in [-0.15, -0.1) is 10.3 Å². The molecule has 0 fully saturated rings. The molecule has 0 aromatic carbocycles. The van der Waals surface area contributed by atoms with Gasteiger partial charge in [-0.05, 0) is 27.7 Å². The highest BCUT2D eigenvalue weighted by atomic mass is 16.4. The summed E-state index contributed by atoms with van der Waals surface area (Å²) < 4.78 is 0. The van der Waals surface area contributed by atoms with Crippen LogP contribution in [0.4, 0.5) is 0 Å².